The van der Waals surface area contributed by atoms with Crippen LogP contribution in [0.4, 0.5) is 13.2 Å². The fraction of sp³-hybridized carbons (Fsp3) is 0.333. The van der Waals surface area contributed by atoms with Crippen molar-refractivity contribution in [3.05, 3.63) is 58.8 Å². The van der Waals surface area contributed by atoms with E-state index in [4.69, 9.17) is 4.52 Å². The van der Waals surface area contributed by atoms with Crippen molar-refractivity contribution in [2.24, 2.45) is 0 Å². The third-order valence-corrected chi connectivity index (χ3v) is 5.65. The van der Waals surface area contributed by atoms with E-state index in [9.17, 15) is 13.2 Å². The van der Waals surface area contributed by atoms with Crippen LogP contribution in [-0.2, 0) is 12.7 Å². The predicted molar refractivity (Wildman–Crippen MR) is 108 cm³/mol. The van der Waals surface area contributed by atoms with Crippen LogP contribution in [0.2, 0.25) is 0 Å². The quantitative estimate of drug-likeness (QED) is 0.584. The number of alkyl halides is 3. The molecule has 9 heteroatoms. The Morgan fingerprint density at radius 1 is 1.03 bits per heavy atom. The van der Waals surface area contributed by atoms with Crippen molar-refractivity contribution in [2.75, 3.05) is 32.7 Å². The van der Waals surface area contributed by atoms with Crippen molar-refractivity contribution in [3.63, 3.8) is 0 Å². The lowest BCUT2D eigenvalue weighted by Crippen LogP contribution is -2.45. The molecule has 0 bridgehead atoms. The van der Waals surface area contributed by atoms with Gasteiger partial charge in [-0.3, -0.25) is 9.80 Å². The summed E-state index contributed by atoms with van der Waals surface area (Å²) < 4.78 is 43.1. The maximum absolute atomic E-state index is 12.6. The molecular weight excluding hydrogens is 413 g/mol. The number of halogens is 3. The van der Waals surface area contributed by atoms with Crippen molar-refractivity contribution in [2.45, 2.75) is 12.7 Å². The lowest BCUT2D eigenvalue weighted by Gasteiger charge is -2.32. The summed E-state index contributed by atoms with van der Waals surface area (Å²) in [5.74, 6) is 7.21. The van der Waals surface area contributed by atoms with Gasteiger partial charge in [-0.25, -0.2) is 0 Å². The van der Waals surface area contributed by atoms with Crippen LogP contribution in [0.3, 0.4) is 0 Å². The van der Waals surface area contributed by atoms with Crippen molar-refractivity contribution in [1.29, 1.82) is 0 Å². The Labute approximate surface area is 176 Å². The zero-order valence-corrected chi connectivity index (χ0v) is 16.8. The maximum Gasteiger partial charge on any atom is 0.416 e. The van der Waals surface area contributed by atoms with E-state index in [1.54, 1.807) is 11.3 Å². The predicted octanol–water partition coefficient (Wildman–Crippen LogP) is 3.99. The molecule has 1 saturated heterocycles. The SMILES string of the molecule is FC(F)(F)c1ccc(C#CCN2CCN(Cc3nc(-c4cccs4)no3)CC2)cc1. The van der Waals surface area contributed by atoms with Gasteiger partial charge in [0.15, 0.2) is 0 Å². The molecule has 0 aliphatic carbocycles. The van der Waals surface area contributed by atoms with Gasteiger partial charge in [0.25, 0.3) is 0 Å². The summed E-state index contributed by atoms with van der Waals surface area (Å²) in [4.78, 5) is 9.92. The summed E-state index contributed by atoms with van der Waals surface area (Å²) in [7, 11) is 0. The van der Waals surface area contributed by atoms with Gasteiger partial charge in [-0.05, 0) is 35.7 Å². The Morgan fingerprint density at radius 2 is 1.77 bits per heavy atom. The van der Waals surface area contributed by atoms with Gasteiger partial charge < -0.3 is 4.52 Å². The first-order valence-electron chi connectivity index (χ1n) is 9.45. The van der Waals surface area contributed by atoms with Gasteiger partial charge in [-0.1, -0.05) is 23.1 Å². The molecule has 1 aromatic carbocycles. The van der Waals surface area contributed by atoms with Crippen LogP contribution in [0.25, 0.3) is 10.7 Å². The monoisotopic (exact) mass is 432 g/mol. The molecular formula is C21H19F3N4OS. The van der Waals surface area contributed by atoms with E-state index in [2.05, 4.69) is 31.8 Å². The Bertz CT molecular complexity index is 1010. The first kappa shape index (κ1) is 20.6. The number of benzene rings is 1. The zero-order chi connectivity index (χ0) is 21.0. The average Bonchev–Trinajstić information content (AvgIpc) is 3.41. The number of rotatable bonds is 4. The molecule has 0 saturated carbocycles. The third-order valence-electron chi connectivity index (χ3n) is 4.78. The van der Waals surface area contributed by atoms with Crippen molar-refractivity contribution in [1.82, 2.24) is 19.9 Å². The van der Waals surface area contributed by atoms with Crippen LogP contribution in [0.1, 0.15) is 17.0 Å². The molecule has 5 nitrogen and oxygen atoms in total. The molecule has 4 rings (SSSR count). The molecule has 1 aliphatic heterocycles. The number of piperazine rings is 1. The highest BCUT2D eigenvalue weighted by Crippen LogP contribution is 2.29. The van der Waals surface area contributed by atoms with Crippen LogP contribution in [0.15, 0.2) is 46.3 Å². The minimum Gasteiger partial charge on any atom is -0.338 e. The zero-order valence-electron chi connectivity index (χ0n) is 16.0. The highest BCUT2D eigenvalue weighted by molar-refractivity contribution is 7.13. The van der Waals surface area contributed by atoms with Gasteiger partial charge >= 0.3 is 6.18 Å². The van der Waals surface area contributed by atoms with Gasteiger partial charge in [0.2, 0.25) is 11.7 Å². The Kier molecular flexibility index (Phi) is 6.18. The Balaban J connectivity index is 1.23. The van der Waals surface area contributed by atoms with Crippen LogP contribution < -0.4 is 0 Å². The third kappa shape index (κ3) is 5.27. The highest BCUT2D eigenvalue weighted by Gasteiger charge is 2.29. The molecule has 156 valence electrons. The number of aromatic nitrogens is 2. The molecule has 30 heavy (non-hydrogen) atoms. The normalized spacial score (nSPS) is 15.7. The Morgan fingerprint density at radius 3 is 2.43 bits per heavy atom. The number of nitrogens with zero attached hydrogens (tertiary/aromatic N) is 4. The van der Waals surface area contributed by atoms with Crippen LogP contribution in [0, 0.1) is 11.8 Å². The van der Waals surface area contributed by atoms with Crippen LogP contribution in [-0.4, -0.2) is 52.7 Å². The van der Waals surface area contributed by atoms with Gasteiger partial charge in [0.1, 0.15) is 0 Å². The summed E-state index contributed by atoms with van der Waals surface area (Å²) >= 11 is 1.58. The standard InChI is InChI=1S/C21H19F3N4OS/c22-21(23,24)17-7-5-16(6-8-17)3-1-9-27-10-12-28(13-11-27)15-19-25-20(26-29-19)18-4-2-14-30-18/h2,4-8,14H,9-13,15H2. The lowest BCUT2D eigenvalue weighted by molar-refractivity contribution is -0.137. The minimum atomic E-state index is -4.32. The van der Waals surface area contributed by atoms with E-state index >= 15 is 0 Å². The second-order valence-electron chi connectivity index (χ2n) is 6.92. The summed E-state index contributed by atoms with van der Waals surface area (Å²) in [5, 5.41) is 6.01. The molecule has 1 fully saturated rings. The molecule has 2 aromatic heterocycles. The van der Waals surface area contributed by atoms with E-state index in [0.717, 1.165) is 43.2 Å². The fourth-order valence-corrected chi connectivity index (χ4v) is 3.77. The maximum atomic E-state index is 12.6. The molecule has 0 radical (unpaired) electrons. The van der Waals surface area contributed by atoms with Crippen LogP contribution in [0.5, 0.6) is 0 Å². The first-order valence-corrected chi connectivity index (χ1v) is 10.3. The van der Waals surface area contributed by atoms with E-state index in [-0.39, 0.29) is 0 Å². The molecule has 1 aliphatic rings. The molecule has 0 spiro atoms. The van der Waals surface area contributed by atoms with Gasteiger partial charge in [0, 0.05) is 31.7 Å². The number of thiophene rings is 1. The molecule has 3 aromatic rings. The highest BCUT2D eigenvalue weighted by atomic mass is 32.1. The van der Waals surface area contributed by atoms with Crippen molar-refractivity contribution >= 4 is 11.3 Å². The topological polar surface area (TPSA) is 45.4 Å². The molecule has 0 atom stereocenters. The van der Waals surface area contributed by atoms with Gasteiger partial charge in [-0.15, -0.1) is 11.3 Å². The lowest BCUT2D eigenvalue weighted by atomic mass is 10.1. The first-order chi connectivity index (χ1) is 14.5. The molecule has 0 unspecified atom stereocenters. The summed E-state index contributed by atoms with van der Waals surface area (Å²) in [6.45, 7) is 4.62. The smallest absolute Gasteiger partial charge is 0.338 e. The summed E-state index contributed by atoms with van der Waals surface area (Å²) in [6.07, 6.45) is -4.32. The van der Waals surface area contributed by atoms with Crippen molar-refractivity contribution < 1.29 is 17.7 Å². The van der Waals surface area contributed by atoms with E-state index < -0.39 is 11.7 Å². The largest absolute Gasteiger partial charge is 0.416 e. The van der Waals surface area contributed by atoms with Gasteiger partial charge in [0.05, 0.1) is 23.5 Å². The Hall–Kier alpha value is -2.67. The fourth-order valence-electron chi connectivity index (χ4n) is 3.12. The van der Waals surface area contributed by atoms with Gasteiger partial charge in [-0.2, -0.15) is 18.2 Å². The summed E-state index contributed by atoms with van der Waals surface area (Å²) in [6, 6.07) is 8.85. The molecule has 0 N–H and O–H groups in total. The molecule has 3 heterocycles. The average molecular weight is 432 g/mol. The van der Waals surface area contributed by atoms with E-state index in [0.29, 0.717) is 30.4 Å². The minimum absolute atomic E-state index is 0.581. The van der Waals surface area contributed by atoms with E-state index in [1.165, 1.54) is 12.1 Å². The summed E-state index contributed by atoms with van der Waals surface area (Å²) in [5.41, 5.74) is -0.0764. The second kappa shape index (κ2) is 9.00. The second-order valence-corrected chi connectivity index (χ2v) is 7.87. The molecule has 0 amide bonds. The van der Waals surface area contributed by atoms with Crippen molar-refractivity contribution in [3.8, 4) is 22.5 Å². The van der Waals surface area contributed by atoms with E-state index in [1.807, 2.05) is 17.5 Å². The number of hydrogen-bond acceptors (Lipinski definition) is 6. The van der Waals surface area contributed by atoms with Crippen LogP contribution >= 0.6 is 11.3 Å². The number of hydrogen-bond donors (Lipinski definition) is 0.